The lowest BCUT2D eigenvalue weighted by molar-refractivity contribution is 0.0374. The molecule has 1 saturated heterocycles. The fourth-order valence-corrected chi connectivity index (χ4v) is 2.88. The molecule has 0 bridgehead atoms. The van der Waals surface area contributed by atoms with Crippen molar-refractivity contribution in [2.24, 2.45) is 0 Å². The van der Waals surface area contributed by atoms with Crippen molar-refractivity contribution in [2.45, 2.75) is 19.4 Å². The molecule has 3 rings (SSSR count). The van der Waals surface area contributed by atoms with E-state index in [0.29, 0.717) is 6.61 Å². The van der Waals surface area contributed by atoms with Gasteiger partial charge in [0.2, 0.25) is 0 Å². The predicted octanol–water partition coefficient (Wildman–Crippen LogP) is 3.67. The standard InChI is InChI=1S/C20H24FNO2/c21-19-5-1-3-18(15-19)16-24-20-8-6-17(7-9-20)4-2-10-22-11-13-23-14-12-22/h1,3,5-9,15H,2,4,10-14,16H2. The first-order valence-electron chi connectivity index (χ1n) is 8.56. The Hall–Kier alpha value is -1.91. The van der Waals surface area contributed by atoms with Gasteiger partial charge in [0.1, 0.15) is 18.2 Å². The summed E-state index contributed by atoms with van der Waals surface area (Å²) >= 11 is 0. The maximum absolute atomic E-state index is 13.1. The lowest BCUT2D eigenvalue weighted by Gasteiger charge is -2.26. The number of rotatable bonds is 7. The van der Waals surface area contributed by atoms with Crippen molar-refractivity contribution in [2.75, 3.05) is 32.8 Å². The first-order valence-corrected chi connectivity index (χ1v) is 8.56. The van der Waals surface area contributed by atoms with Gasteiger partial charge < -0.3 is 9.47 Å². The van der Waals surface area contributed by atoms with Gasteiger partial charge in [0, 0.05) is 13.1 Å². The van der Waals surface area contributed by atoms with Gasteiger partial charge in [-0.3, -0.25) is 4.90 Å². The number of halogens is 1. The molecular formula is C20H24FNO2. The van der Waals surface area contributed by atoms with Gasteiger partial charge in [-0.15, -0.1) is 0 Å². The van der Waals surface area contributed by atoms with Crippen LogP contribution in [0, 0.1) is 5.82 Å². The summed E-state index contributed by atoms with van der Waals surface area (Å²) in [6.07, 6.45) is 2.23. The molecule has 4 heteroatoms. The second kappa shape index (κ2) is 8.81. The molecule has 1 aliphatic heterocycles. The molecule has 3 nitrogen and oxygen atoms in total. The third-order valence-corrected chi connectivity index (χ3v) is 4.26. The zero-order chi connectivity index (χ0) is 16.6. The van der Waals surface area contributed by atoms with Crippen LogP contribution in [0.25, 0.3) is 0 Å². The Morgan fingerprint density at radius 1 is 1.00 bits per heavy atom. The summed E-state index contributed by atoms with van der Waals surface area (Å²) < 4.78 is 24.2. The molecule has 0 radical (unpaired) electrons. The topological polar surface area (TPSA) is 21.7 Å². The molecule has 24 heavy (non-hydrogen) atoms. The maximum atomic E-state index is 13.1. The highest BCUT2D eigenvalue weighted by Crippen LogP contribution is 2.16. The molecule has 0 saturated carbocycles. The van der Waals surface area contributed by atoms with Crippen molar-refractivity contribution in [1.82, 2.24) is 4.90 Å². The van der Waals surface area contributed by atoms with Crippen LogP contribution in [0.4, 0.5) is 4.39 Å². The van der Waals surface area contributed by atoms with Gasteiger partial charge in [0.25, 0.3) is 0 Å². The first kappa shape index (κ1) is 16.9. The molecule has 2 aromatic carbocycles. The number of benzene rings is 2. The minimum absolute atomic E-state index is 0.230. The van der Waals surface area contributed by atoms with E-state index in [0.717, 1.165) is 57.0 Å². The molecule has 128 valence electrons. The zero-order valence-corrected chi connectivity index (χ0v) is 13.9. The second-order valence-corrected chi connectivity index (χ2v) is 6.12. The van der Waals surface area contributed by atoms with Crippen LogP contribution in [0.2, 0.25) is 0 Å². The Morgan fingerprint density at radius 2 is 1.79 bits per heavy atom. The van der Waals surface area contributed by atoms with Crippen molar-refractivity contribution in [3.63, 3.8) is 0 Å². The third-order valence-electron chi connectivity index (χ3n) is 4.26. The van der Waals surface area contributed by atoms with Gasteiger partial charge in [-0.25, -0.2) is 4.39 Å². The number of ether oxygens (including phenoxy) is 2. The summed E-state index contributed by atoms with van der Waals surface area (Å²) in [6.45, 7) is 5.32. The highest BCUT2D eigenvalue weighted by molar-refractivity contribution is 5.28. The fraction of sp³-hybridized carbons (Fsp3) is 0.400. The number of morpholine rings is 1. The van der Waals surface area contributed by atoms with E-state index in [2.05, 4.69) is 17.0 Å². The summed E-state index contributed by atoms with van der Waals surface area (Å²) in [7, 11) is 0. The van der Waals surface area contributed by atoms with Crippen LogP contribution in [0.1, 0.15) is 17.5 Å². The Bertz CT molecular complexity index is 624. The van der Waals surface area contributed by atoms with Gasteiger partial charge >= 0.3 is 0 Å². The Kier molecular flexibility index (Phi) is 6.21. The average molecular weight is 329 g/mol. The van der Waals surface area contributed by atoms with Crippen LogP contribution >= 0.6 is 0 Å². The van der Waals surface area contributed by atoms with Crippen molar-refractivity contribution in [3.8, 4) is 5.75 Å². The van der Waals surface area contributed by atoms with E-state index >= 15 is 0 Å². The van der Waals surface area contributed by atoms with Gasteiger partial charge in [-0.1, -0.05) is 24.3 Å². The van der Waals surface area contributed by atoms with E-state index in [1.807, 2.05) is 18.2 Å². The van der Waals surface area contributed by atoms with E-state index in [-0.39, 0.29) is 5.82 Å². The molecule has 0 unspecified atom stereocenters. The number of nitrogens with zero attached hydrogens (tertiary/aromatic N) is 1. The van der Waals surface area contributed by atoms with Crippen LogP contribution in [0.3, 0.4) is 0 Å². The molecule has 0 aromatic heterocycles. The predicted molar refractivity (Wildman–Crippen MR) is 92.8 cm³/mol. The molecule has 2 aromatic rings. The fourth-order valence-electron chi connectivity index (χ4n) is 2.88. The normalized spacial score (nSPS) is 15.4. The van der Waals surface area contributed by atoms with Crippen LogP contribution in [-0.2, 0) is 17.8 Å². The molecule has 0 atom stereocenters. The molecule has 1 aliphatic rings. The van der Waals surface area contributed by atoms with E-state index < -0.39 is 0 Å². The van der Waals surface area contributed by atoms with Crippen LogP contribution in [0.5, 0.6) is 5.75 Å². The van der Waals surface area contributed by atoms with Crippen molar-refractivity contribution >= 4 is 0 Å². The summed E-state index contributed by atoms with van der Waals surface area (Å²) in [5.41, 5.74) is 2.16. The molecule has 0 aliphatic carbocycles. The van der Waals surface area contributed by atoms with E-state index in [4.69, 9.17) is 9.47 Å². The van der Waals surface area contributed by atoms with Crippen LogP contribution < -0.4 is 4.74 Å². The molecular weight excluding hydrogens is 305 g/mol. The minimum Gasteiger partial charge on any atom is -0.489 e. The highest BCUT2D eigenvalue weighted by Gasteiger charge is 2.09. The highest BCUT2D eigenvalue weighted by atomic mass is 19.1. The molecule has 0 N–H and O–H groups in total. The Morgan fingerprint density at radius 3 is 2.54 bits per heavy atom. The first-order chi connectivity index (χ1) is 11.8. The van der Waals surface area contributed by atoms with E-state index in [1.165, 1.54) is 17.7 Å². The quantitative estimate of drug-likeness (QED) is 0.774. The average Bonchev–Trinajstić information content (AvgIpc) is 2.62. The molecule has 0 amide bonds. The van der Waals surface area contributed by atoms with Gasteiger partial charge in [0.05, 0.1) is 13.2 Å². The number of aryl methyl sites for hydroxylation is 1. The monoisotopic (exact) mass is 329 g/mol. The largest absolute Gasteiger partial charge is 0.489 e. The maximum Gasteiger partial charge on any atom is 0.123 e. The number of hydrogen-bond acceptors (Lipinski definition) is 3. The van der Waals surface area contributed by atoms with Gasteiger partial charge in [-0.2, -0.15) is 0 Å². The lowest BCUT2D eigenvalue weighted by atomic mass is 10.1. The van der Waals surface area contributed by atoms with Crippen molar-refractivity contribution in [1.29, 1.82) is 0 Å². The third kappa shape index (κ3) is 5.32. The molecule has 1 fully saturated rings. The second-order valence-electron chi connectivity index (χ2n) is 6.12. The zero-order valence-electron chi connectivity index (χ0n) is 13.9. The van der Waals surface area contributed by atoms with Crippen molar-refractivity contribution < 1.29 is 13.9 Å². The summed E-state index contributed by atoms with van der Waals surface area (Å²) in [4.78, 5) is 2.46. The Balaban J connectivity index is 1.41. The van der Waals surface area contributed by atoms with Crippen LogP contribution in [-0.4, -0.2) is 37.7 Å². The number of hydrogen-bond donors (Lipinski definition) is 0. The van der Waals surface area contributed by atoms with E-state index in [9.17, 15) is 4.39 Å². The lowest BCUT2D eigenvalue weighted by Crippen LogP contribution is -2.36. The molecule has 1 heterocycles. The van der Waals surface area contributed by atoms with Gasteiger partial charge in [0.15, 0.2) is 0 Å². The summed E-state index contributed by atoms with van der Waals surface area (Å²) in [5, 5.41) is 0. The SMILES string of the molecule is Fc1cccc(COc2ccc(CCCN3CCOCC3)cc2)c1. The van der Waals surface area contributed by atoms with Gasteiger partial charge in [-0.05, 0) is 54.8 Å². The summed E-state index contributed by atoms with van der Waals surface area (Å²) in [5.74, 6) is 0.586. The van der Waals surface area contributed by atoms with E-state index in [1.54, 1.807) is 6.07 Å². The van der Waals surface area contributed by atoms with Crippen molar-refractivity contribution in [3.05, 3.63) is 65.5 Å². The summed E-state index contributed by atoms with van der Waals surface area (Å²) in [6, 6.07) is 14.7. The smallest absolute Gasteiger partial charge is 0.123 e. The Labute approximate surface area is 143 Å². The molecule has 0 spiro atoms. The minimum atomic E-state index is -0.230. The van der Waals surface area contributed by atoms with Crippen LogP contribution in [0.15, 0.2) is 48.5 Å².